The number of anilines is 2. The molecule has 2 aliphatic rings. The van der Waals surface area contributed by atoms with Gasteiger partial charge in [-0.05, 0) is 37.1 Å². The van der Waals surface area contributed by atoms with Crippen LogP contribution in [0.25, 0.3) is 0 Å². The highest BCUT2D eigenvalue weighted by molar-refractivity contribution is 5.59. The standard InChI is InChI=1S/C24H25FN4O/c25-19-15-18-22(29-13-5-4-9-21(29)17-7-2-1-3-8-17)10-14-30-23(18)16-20(19)28-24-26-11-6-12-27-24/h1-3,6-8,11-12,15-16,21-22H,4-5,9-10,13-14H2,(H,26,27,28)/t21-,22-/m0/s1. The number of hydrogen-bond donors (Lipinski definition) is 1. The molecule has 30 heavy (non-hydrogen) atoms. The Balaban J connectivity index is 1.46. The second-order valence-corrected chi connectivity index (χ2v) is 7.88. The van der Waals surface area contributed by atoms with Gasteiger partial charge in [-0.3, -0.25) is 4.90 Å². The summed E-state index contributed by atoms with van der Waals surface area (Å²) in [5, 5.41) is 2.96. The molecule has 2 atom stereocenters. The lowest BCUT2D eigenvalue weighted by Crippen LogP contribution is -2.38. The first-order chi connectivity index (χ1) is 14.8. The smallest absolute Gasteiger partial charge is 0.227 e. The number of nitrogens with zero attached hydrogens (tertiary/aromatic N) is 3. The van der Waals surface area contributed by atoms with Gasteiger partial charge in [0.15, 0.2) is 0 Å². The van der Waals surface area contributed by atoms with Gasteiger partial charge >= 0.3 is 0 Å². The lowest BCUT2D eigenvalue weighted by Gasteiger charge is -2.43. The van der Waals surface area contributed by atoms with Gasteiger partial charge in [0.25, 0.3) is 0 Å². The molecule has 2 aromatic carbocycles. The minimum absolute atomic E-state index is 0.149. The largest absolute Gasteiger partial charge is 0.493 e. The quantitative estimate of drug-likeness (QED) is 0.630. The molecule has 1 N–H and O–H groups in total. The first-order valence-corrected chi connectivity index (χ1v) is 10.6. The van der Waals surface area contributed by atoms with Gasteiger partial charge in [0.1, 0.15) is 11.6 Å². The fourth-order valence-corrected chi connectivity index (χ4v) is 4.67. The topological polar surface area (TPSA) is 50.3 Å². The van der Waals surface area contributed by atoms with E-state index in [0.29, 0.717) is 24.3 Å². The summed E-state index contributed by atoms with van der Waals surface area (Å²) in [7, 11) is 0. The van der Waals surface area contributed by atoms with Crippen LogP contribution in [0, 0.1) is 5.82 Å². The molecule has 1 aromatic heterocycles. The number of halogens is 1. The van der Waals surface area contributed by atoms with Crippen molar-refractivity contribution in [3.8, 4) is 5.75 Å². The van der Waals surface area contributed by atoms with Crippen molar-refractivity contribution in [2.75, 3.05) is 18.5 Å². The van der Waals surface area contributed by atoms with Gasteiger partial charge in [0.05, 0.1) is 12.3 Å². The average molecular weight is 404 g/mol. The minimum Gasteiger partial charge on any atom is -0.493 e. The van der Waals surface area contributed by atoms with Gasteiger partial charge in [-0.15, -0.1) is 0 Å². The number of hydrogen-bond acceptors (Lipinski definition) is 5. The van der Waals surface area contributed by atoms with Crippen LogP contribution in [0.2, 0.25) is 0 Å². The Bertz CT molecular complexity index is 999. The highest BCUT2D eigenvalue weighted by Gasteiger charge is 2.34. The van der Waals surface area contributed by atoms with Crippen molar-refractivity contribution < 1.29 is 9.13 Å². The third kappa shape index (κ3) is 3.75. The molecule has 0 amide bonds. The molecule has 0 bridgehead atoms. The van der Waals surface area contributed by atoms with Crippen molar-refractivity contribution in [2.45, 2.75) is 37.8 Å². The molecule has 5 rings (SSSR count). The molecule has 0 radical (unpaired) electrons. The van der Waals surface area contributed by atoms with Crippen molar-refractivity contribution in [1.82, 2.24) is 14.9 Å². The Hall–Kier alpha value is -2.99. The van der Waals surface area contributed by atoms with E-state index in [4.69, 9.17) is 4.74 Å². The van der Waals surface area contributed by atoms with Crippen LogP contribution in [0.3, 0.4) is 0 Å². The van der Waals surface area contributed by atoms with Crippen LogP contribution >= 0.6 is 0 Å². The molecule has 0 spiro atoms. The van der Waals surface area contributed by atoms with Gasteiger partial charge in [0.2, 0.25) is 5.95 Å². The van der Waals surface area contributed by atoms with E-state index in [1.165, 1.54) is 18.4 Å². The maximum absolute atomic E-state index is 15.0. The van der Waals surface area contributed by atoms with Crippen molar-refractivity contribution in [1.29, 1.82) is 0 Å². The van der Waals surface area contributed by atoms with E-state index in [1.54, 1.807) is 30.6 Å². The Labute approximate surface area is 175 Å². The van der Waals surface area contributed by atoms with Crippen LogP contribution in [0.5, 0.6) is 5.75 Å². The summed E-state index contributed by atoms with van der Waals surface area (Å²) in [6.07, 6.45) is 7.63. The number of fused-ring (bicyclic) bond motifs is 1. The summed E-state index contributed by atoms with van der Waals surface area (Å²) in [4.78, 5) is 10.8. The van der Waals surface area contributed by atoms with E-state index in [-0.39, 0.29) is 11.9 Å². The highest BCUT2D eigenvalue weighted by Crippen LogP contribution is 2.44. The van der Waals surface area contributed by atoms with E-state index in [9.17, 15) is 0 Å². The third-order valence-corrected chi connectivity index (χ3v) is 6.05. The van der Waals surface area contributed by atoms with Crippen LogP contribution in [-0.4, -0.2) is 28.0 Å². The van der Waals surface area contributed by atoms with Crippen molar-refractivity contribution in [3.05, 3.63) is 77.9 Å². The first-order valence-electron chi connectivity index (χ1n) is 10.6. The number of rotatable bonds is 4. The van der Waals surface area contributed by atoms with Crippen molar-refractivity contribution in [2.24, 2.45) is 0 Å². The number of aromatic nitrogens is 2. The third-order valence-electron chi connectivity index (χ3n) is 6.05. The Morgan fingerprint density at radius 3 is 2.63 bits per heavy atom. The normalized spacial score (nSPS) is 21.5. The van der Waals surface area contributed by atoms with E-state index < -0.39 is 0 Å². The molecule has 1 saturated heterocycles. The van der Waals surface area contributed by atoms with Gasteiger partial charge in [-0.2, -0.15) is 0 Å². The van der Waals surface area contributed by atoms with Crippen LogP contribution < -0.4 is 10.1 Å². The second-order valence-electron chi connectivity index (χ2n) is 7.88. The average Bonchev–Trinajstić information content (AvgIpc) is 2.80. The molecule has 1 fully saturated rings. The Morgan fingerprint density at radius 1 is 0.967 bits per heavy atom. The summed E-state index contributed by atoms with van der Waals surface area (Å²) in [6, 6.07) is 16.3. The van der Waals surface area contributed by atoms with Crippen LogP contribution in [0.4, 0.5) is 16.0 Å². The molecule has 0 unspecified atom stereocenters. The monoisotopic (exact) mass is 404 g/mol. The van der Waals surface area contributed by atoms with E-state index in [2.05, 4.69) is 50.5 Å². The molecular weight excluding hydrogens is 379 g/mol. The summed E-state index contributed by atoms with van der Waals surface area (Å²) in [5.41, 5.74) is 2.60. The van der Waals surface area contributed by atoms with Crippen molar-refractivity contribution in [3.63, 3.8) is 0 Å². The molecule has 3 heterocycles. The lowest BCUT2D eigenvalue weighted by atomic mass is 9.89. The van der Waals surface area contributed by atoms with Crippen LogP contribution in [0.1, 0.15) is 48.9 Å². The number of ether oxygens (including phenoxy) is 1. The molecule has 0 aliphatic carbocycles. The van der Waals surface area contributed by atoms with Crippen LogP contribution in [0.15, 0.2) is 60.9 Å². The SMILES string of the molecule is Fc1cc2c(cc1Nc1ncccn1)OCC[C@@H]2N1CCCC[C@H]1c1ccccc1. The summed E-state index contributed by atoms with van der Waals surface area (Å²) >= 11 is 0. The molecule has 6 heteroatoms. The summed E-state index contributed by atoms with van der Waals surface area (Å²) in [6.45, 7) is 1.64. The fourth-order valence-electron chi connectivity index (χ4n) is 4.67. The van der Waals surface area contributed by atoms with E-state index >= 15 is 4.39 Å². The van der Waals surface area contributed by atoms with Gasteiger partial charge in [-0.1, -0.05) is 36.8 Å². The number of benzene rings is 2. The summed E-state index contributed by atoms with van der Waals surface area (Å²) in [5.74, 6) is 0.789. The molecule has 2 aliphatic heterocycles. The van der Waals surface area contributed by atoms with Gasteiger partial charge in [0, 0.05) is 42.5 Å². The highest BCUT2D eigenvalue weighted by atomic mass is 19.1. The van der Waals surface area contributed by atoms with Crippen molar-refractivity contribution >= 4 is 11.6 Å². The number of likely N-dealkylation sites (tertiary alicyclic amines) is 1. The fraction of sp³-hybridized carbons (Fsp3) is 0.333. The minimum atomic E-state index is -0.315. The molecule has 0 saturated carbocycles. The number of piperidine rings is 1. The van der Waals surface area contributed by atoms with E-state index in [0.717, 1.165) is 30.7 Å². The molecule has 154 valence electrons. The maximum Gasteiger partial charge on any atom is 0.227 e. The summed E-state index contributed by atoms with van der Waals surface area (Å²) < 4.78 is 21.0. The second kappa shape index (κ2) is 8.40. The number of nitrogens with one attached hydrogen (secondary N) is 1. The van der Waals surface area contributed by atoms with E-state index in [1.807, 2.05) is 0 Å². The zero-order valence-corrected chi connectivity index (χ0v) is 16.8. The Kier molecular flexibility index (Phi) is 5.32. The maximum atomic E-state index is 15.0. The molecule has 3 aromatic rings. The van der Waals surface area contributed by atoms with Gasteiger partial charge in [-0.25, -0.2) is 14.4 Å². The predicted octanol–water partition coefficient (Wildman–Crippen LogP) is 5.41. The van der Waals surface area contributed by atoms with Gasteiger partial charge < -0.3 is 10.1 Å². The van der Waals surface area contributed by atoms with Crippen LogP contribution in [-0.2, 0) is 0 Å². The zero-order chi connectivity index (χ0) is 20.3. The zero-order valence-electron chi connectivity index (χ0n) is 16.8. The molecule has 5 nitrogen and oxygen atoms in total. The predicted molar refractivity (Wildman–Crippen MR) is 114 cm³/mol. The Morgan fingerprint density at radius 2 is 1.80 bits per heavy atom. The first kappa shape index (κ1) is 19.0. The lowest BCUT2D eigenvalue weighted by molar-refractivity contribution is 0.0667. The molecular formula is C24H25FN4O.